The summed E-state index contributed by atoms with van der Waals surface area (Å²) in [5, 5.41) is 2.77. The fourth-order valence-corrected chi connectivity index (χ4v) is 3.15. The maximum atomic E-state index is 12.3. The molecule has 0 bridgehead atoms. The summed E-state index contributed by atoms with van der Waals surface area (Å²) < 4.78 is 16.0. The molecule has 1 amide bonds. The molecular weight excluding hydrogens is 374 g/mol. The third-order valence-corrected chi connectivity index (χ3v) is 4.65. The van der Waals surface area contributed by atoms with Crippen LogP contribution in [0.1, 0.15) is 27.9 Å². The molecule has 29 heavy (non-hydrogen) atoms. The van der Waals surface area contributed by atoms with Crippen molar-refractivity contribution in [2.45, 2.75) is 12.8 Å². The summed E-state index contributed by atoms with van der Waals surface area (Å²) >= 11 is 0. The number of aryl methyl sites for hydroxylation is 1. The minimum absolute atomic E-state index is 0.0321. The van der Waals surface area contributed by atoms with Gasteiger partial charge >= 0.3 is 5.97 Å². The van der Waals surface area contributed by atoms with Gasteiger partial charge in [-0.3, -0.25) is 9.59 Å². The van der Waals surface area contributed by atoms with Gasteiger partial charge in [0.05, 0.1) is 0 Å². The quantitative estimate of drug-likeness (QED) is 0.477. The average Bonchev–Trinajstić information content (AvgIpc) is 2.75. The summed E-state index contributed by atoms with van der Waals surface area (Å²) in [4.78, 5) is 35.7. The van der Waals surface area contributed by atoms with Crippen LogP contribution in [0.25, 0.3) is 6.08 Å². The zero-order valence-electron chi connectivity index (χ0n) is 15.6. The van der Waals surface area contributed by atoms with Gasteiger partial charge in [-0.2, -0.15) is 0 Å². The third-order valence-electron chi connectivity index (χ3n) is 4.65. The number of ketones is 1. The van der Waals surface area contributed by atoms with Crippen LogP contribution in [0, 0.1) is 0 Å². The SMILES string of the molecule is O=C1CCc2cc(C(=O)COC(=O)/C=C/c3ccc4c(c3)OCCO4)ccc2N1. The van der Waals surface area contributed by atoms with Crippen molar-refractivity contribution in [2.75, 3.05) is 25.1 Å². The minimum atomic E-state index is -0.613. The second kappa shape index (κ2) is 8.18. The highest BCUT2D eigenvalue weighted by molar-refractivity contribution is 6.00. The van der Waals surface area contributed by atoms with Crippen molar-refractivity contribution >= 4 is 29.4 Å². The molecule has 2 aliphatic heterocycles. The van der Waals surface area contributed by atoms with E-state index in [9.17, 15) is 14.4 Å². The van der Waals surface area contributed by atoms with Crippen LogP contribution in [0.4, 0.5) is 5.69 Å². The normalized spacial score (nSPS) is 14.8. The summed E-state index contributed by atoms with van der Waals surface area (Å²) in [6.45, 7) is 0.649. The molecular formula is C22H19NO6. The predicted octanol–water partition coefficient (Wildman–Crippen LogP) is 2.78. The van der Waals surface area contributed by atoms with Crippen molar-refractivity contribution in [1.82, 2.24) is 0 Å². The van der Waals surface area contributed by atoms with Crippen LogP contribution < -0.4 is 14.8 Å². The number of carbonyl (C=O) groups is 3. The molecule has 2 heterocycles. The number of esters is 1. The standard InChI is InChI=1S/C22H19NO6/c24-18(16-3-5-17-15(12-16)4-7-21(25)23-17)13-29-22(26)8-2-14-1-6-19-20(11-14)28-10-9-27-19/h1-3,5-6,8,11-12H,4,7,9-10,13H2,(H,23,25)/b8-2+. The molecule has 0 fully saturated rings. The van der Waals surface area contributed by atoms with Gasteiger partial charge in [0.15, 0.2) is 23.9 Å². The molecule has 0 saturated heterocycles. The smallest absolute Gasteiger partial charge is 0.331 e. The molecule has 2 aromatic rings. The molecule has 7 nitrogen and oxygen atoms in total. The van der Waals surface area contributed by atoms with Gasteiger partial charge in [-0.05, 0) is 54.0 Å². The van der Waals surface area contributed by atoms with E-state index >= 15 is 0 Å². The first-order valence-electron chi connectivity index (χ1n) is 9.29. The summed E-state index contributed by atoms with van der Waals surface area (Å²) in [6, 6.07) is 10.4. The Labute approximate surface area is 167 Å². The van der Waals surface area contributed by atoms with Gasteiger partial charge in [-0.15, -0.1) is 0 Å². The van der Waals surface area contributed by atoms with Crippen molar-refractivity contribution in [3.63, 3.8) is 0 Å². The lowest BCUT2D eigenvalue weighted by Gasteiger charge is -2.18. The lowest BCUT2D eigenvalue weighted by molar-refractivity contribution is -0.136. The van der Waals surface area contributed by atoms with Crippen molar-refractivity contribution in [1.29, 1.82) is 0 Å². The van der Waals surface area contributed by atoms with E-state index in [0.29, 0.717) is 43.1 Å². The zero-order chi connectivity index (χ0) is 20.2. The van der Waals surface area contributed by atoms with E-state index in [2.05, 4.69) is 5.32 Å². The van der Waals surface area contributed by atoms with E-state index in [1.807, 2.05) is 0 Å². The summed E-state index contributed by atoms with van der Waals surface area (Å²) in [7, 11) is 0. The molecule has 1 N–H and O–H groups in total. The molecule has 0 aliphatic carbocycles. The monoisotopic (exact) mass is 393 g/mol. The Bertz CT molecular complexity index is 1010. The lowest BCUT2D eigenvalue weighted by atomic mass is 9.99. The predicted molar refractivity (Wildman–Crippen MR) is 105 cm³/mol. The highest BCUT2D eigenvalue weighted by Gasteiger charge is 2.17. The number of nitrogens with one attached hydrogen (secondary N) is 1. The topological polar surface area (TPSA) is 90.9 Å². The Morgan fingerprint density at radius 2 is 1.86 bits per heavy atom. The molecule has 0 saturated carbocycles. The molecule has 0 radical (unpaired) electrons. The highest BCUT2D eigenvalue weighted by atomic mass is 16.6. The first-order valence-corrected chi connectivity index (χ1v) is 9.29. The summed E-state index contributed by atoms with van der Waals surface area (Å²) in [5.74, 6) is 0.358. The molecule has 0 aromatic heterocycles. The fourth-order valence-electron chi connectivity index (χ4n) is 3.15. The van der Waals surface area contributed by atoms with E-state index in [0.717, 1.165) is 16.8 Å². The zero-order valence-corrected chi connectivity index (χ0v) is 15.6. The van der Waals surface area contributed by atoms with E-state index in [1.54, 1.807) is 42.5 Å². The number of fused-ring (bicyclic) bond motifs is 2. The first-order chi connectivity index (χ1) is 14.1. The highest BCUT2D eigenvalue weighted by Crippen LogP contribution is 2.31. The number of carbonyl (C=O) groups excluding carboxylic acids is 3. The fraction of sp³-hybridized carbons (Fsp3) is 0.227. The van der Waals surface area contributed by atoms with Gasteiger partial charge in [0.25, 0.3) is 0 Å². The Balaban J connectivity index is 1.33. The first kappa shape index (κ1) is 18.7. The number of benzene rings is 2. The van der Waals surface area contributed by atoms with Crippen LogP contribution in [0.2, 0.25) is 0 Å². The second-order valence-electron chi connectivity index (χ2n) is 6.69. The molecule has 2 aromatic carbocycles. The Hall–Kier alpha value is -3.61. The van der Waals surface area contributed by atoms with Gasteiger partial charge in [0.1, 0.15) is 13.2 Å². The van der Waals surface area contributed by atoms with Crippen LogP contribution in [0.15, 0.2) is 42.5 Å². The minimum Gasteiger partial charge on any atom is -0.486 e. The number of hydrogen-bond acceptors (Lipinski definition) is 6. The molecule has 2 aliphatic rings. The largest absolute Gasteiger partial charge is 0.486 e. The van der Waals surface area contributed by atoms with E-state index < -0.39 is 5.97 Å². The second-order valence-corrected chi connectivity index (χ2v) is 6.69. The van der Waals surface area contributed by atoms with E-state index in [-0.39, 0.29) is 18.3 Å². The van der Waals surface area contributed by atoms with Gasteiger partial charge < -0.3 is 19.5 Å². The Morgan fingerprint density at radius 1 is 1.03 bits per heavy atom. The van der Waals surface area contributed by atoms with Crippen LogP contribution in [0.3, 0.4) is 0 Å². The maximum Gasteiger partial charge on any atom is 0.331 e. The lowest BCUT2D eigenvalue weighted by Crippen LogP contribution is -2.20. The molecule has 0 atom stereocenters. The van der Waals surface area contributed by atoms with Crippen LogP contribution in [-0.2, 0) is 20.7 Å². The molecule has 148 valence electrons. The Kier molecular flexibility index (Phi) is 5.29. The Morgan fingerprint density at radius 3 is 2.72 bits per heavy atom. The van der Waals surface area contributed by atoms with Crippen molar-refractivity contribution in [2.24, 2.45) is 0 Å². The van der Waals surface area contributed by atoms with Crippen molar-refractivity contribution < 1.29 is 28.6 Å². The maximum absolute atomic E-state index is 12.3. The summed E-state index contributed by atoms with van der Waals surface area (Å²) in [6.07, 6.45) is 3.83. The number of amides is 1. The van der Waals surface area contributed by atoms with Gasteiger partial charge in [-0.25, -0.2) is 4.79 Å². The molecule has 0 spiro atoms. The van der Waals surface area contributed by atoms with Crippen LogP contribution >= 0.6 is 0 Å². The number of Topliss-reactive ketones (excluding diaryl/α,β-unsaturated/α-hetero) is 1. The van der Waals surface area contributed by atoms with Gasteiger partial charge in [0, 0.05) is 23.7 Å². The third kappa shape index (κ3) is 4.45. The molecule has 4 rings (SSSR count). The van der Waals surface area contributed by atoms with E-state index in [4.69, 9.17) is 14.2 Å². The number of ether oxygens (including phenoxy) is 3. The number of anilines is 1. The number of hydrogen-bond donors (Lipinski definition) is 1. The van der Waals surface area contributed by atoms with Gasteiger partial charge in [-0.1, -0.05) is 6.07 Å². The van der Waals surface area contributed by atoms with Crippen LogP contribution in [0.5, 0.6) is 11.5 Å². The average molecular weight is 393 g/mol. The van der Waals surface area contributed by atoms with Gasteiger partial charge in [0.2, 0.25) is 5.91 Å². The van der Waals surface area contributed by atoms with Crippen molar-refractivity contribution in [3.05, 3.63) is 59.2 Å². The number of rotatable bonds is 5. The molecule has 0 unspecified atom stereocenters. The summed E-state index contributed by atoms with van der Waals surface area (Å²) in [5.41, 5.74) is 2.83. The van der Waals surface area contributed by atoms with E-state index in [1.165, 1.54) is 6.08 Å². The van der Waals surface area contributed by atoms with Crippen LogP contribution in [-0.4, -0.2) is 37.5 Å². The van der Waals surface area contributed by atoms with Crippen molar-refractivity contribution in [3.8, 4) is 11.5 Å². The molecule has 7 heteroatoms.